The van der Waals surface area contributed by atoms with Gasteiger partial charge in [0.05, 0.1) is 0 Å². The number of hydrogen-bond donors (Lipinski definition) is 0. The Balaban J connectivity index is 1.32. The van der Waals surface area contributed by atoms with Crippen LogP contribution in [0.5, 0.6) is 0 Å². The van der Waals surface area contributed by atoms with Crippen LogP contribution in [0.15, 0.2) is 34.8 Å². The third kappa shape index (κ3) is 5.19. The molecule has 10 heteroatoms. The van der Waals surface area contributed by atoms with Crippen molar-refractivity contribution in [3.63, 3.8) is 0 Å². The average molecular weight is 425 g/mol. The van der Waals surface area contributed by atoms with Crippen molar-refractivity contribution in [2.75, 3.05) is 13.1 Å². The second-order valence-corrected chi connectivity index (χ2v) is 7.68. The van der Waals surface area contributed by atoms with Crippen LogP contribution >= 0.6 is 0 Å². The topological polar surface area (TPSA) is 103 Å². The van der Waals surface area contributed by atoms with Crippen molar-refractivity contribution in [3.05, 3.63) is 59.1 Å². The van der Waals surface area contributed by atoms with Crippen LogP contribution in [0.2, 0.25) is 0 Å². The molecule has 4 rings (SSSR count). The fourth-order valence-electron chi connectivity index (χ4n) is 3.64. The lowest BCUT2D eigenvalue weighted by Gasteiger charge is -2.30. The van der Waals surface area contributed by atoms with Crippen LogP contribution in [0.25, 0.3) is 6.08 Å². The molecule has 1 aliphatic heterocycles. The molecule has 0 N–H and O–H groups in total. The van der Waals surface area contributed by atoms with E-state index in [-0.39, 0.29) is 5.91 Å². The number of halogens is 1. The smallest absolute Gasteiger partial charge is 0.246 e. The highest BCUT2D eigenvalue weighted by Crippen LogP contribution is 2.22. The first-order valence-corrected chi connectivity index (χ1v) is 10.2. The number of amides is 1. The number of benzene rings is 1. The lowest BCUT2D eigenvalue weighted by Crippen LogP contribution is -2.38. The van der Waals surface area contributed by atoms with E-state index in [1.807, 2.05) is 11.0 Å². The second-order valence-electron chi connectivity index (χ2n) is 7.68. The van der Waals surface area contributed by atoms with Crippen molar-refractivity contribution in [2.24, 2.45) is 5.92 Å². The minimum absolute atomic E-state index is 0.0529. The van der Waals surface area contributed by atoms with E-state index in [9.17, 15) is 9.18 Å². The molecular weight excluding hydrogens is 401 g/mol. The molecule has 1 fully saturated rings. The van der Waals surface area contributed by atoms with Crippen LogP contribution < -0.4 is 0 Å². The maximum atomic E-state index is 14.6. The Morgan fingerprint density at radius 2 is 2.06 bits per heavy atom. The predicted molar refractivity (Wildman–Crippen MR) is 109 cm³/mol. The van der Waals surface area contributed by atoms with Gasteiger partial charge in [0.1, 0.15) is 0 Å². The van der Waals surface area contributed by atoms with Gasteiger partial charge in [0.2, 0.25) is 24.0 Å². The number of nitrogens with zero attached hydrogens (tertiary/aromatic N) is 7. The zero-order chi connectivity index (χ0) is 21.8. The highest BCUT2D eigenvalue weighted by atomic mass is 19.1. The molecule has 0 radical (unpaired) electrons. The SMILES string of the molecule is Cc1nnn(C(F)c2cccc(/C=C/C(=O)N3CCC(Cc4nnc(C)o4)CC3)c2)n1. The molecule has 1 aliphatic rings. The van der Waals surface area contributed by atoms with E-state index in [0.717, 1.165) is 29.6 Å². The number of piperidine rings is 1. The van der Waals surface area contributed by atoms with Gasteiger partial charge in [0, 0.05) is 38.1 Å². The second kappa shape index (κ2) is 9.15. The molecule has 1 atom stereocenters. The molecule has 3 aromatic rings. The number of aryl methyl sites for hydroxylation is 2. The molecule has 1 aromatic carbocycles. The van der Waals surface area contributed by atoms with Crippen LogP contribution in [0, 0.1) is 19.8 Å². The van der Waals surface area contributed by atoms with E-state index >= 15 is 0 Å². The van der Waals surface area contributed by atoms with Crippen LogP contribution in [0.4, 0.5) is 4.39 Å². The van der Waals surface area contributed by atoms with E-state index in [0.29, 0.717) is 42.2 Å². The summed E-state index contributed by atoms with van der Waals surface area (Å²) < 4.78 is 20.1. The van der Waals surface area contributed by atoms with E-state index in [2.05, 4.69) is 25.6 Å². The van der Waals surface area contributed by atoms with Gasteiger partial charge in [-0.1, -0.05) is 18.2 Å². The highest BCUT2D eigenvalue weighted by molar-refractivity contribution is 5.91. The first kappa shape index (κ1) is 20.8. The molecular formula is C21H24FN7O2. The van der Waals surface area contributed by atoms with Gasteiger partial charge in [-0.15, -0.1) is 25.2 Å². The molecule has 1 saturated heterocycles. The van der Waals surface area contributed by atoms with Crippen LogP contribution in [0.3, 0.4) is 0 Å². The maximum absolute atomic E-state index is 14.6. The number of alkyl halides is 1. The van der Waals surface area contributed by atoms with Gasteiger partial charge in [-0.05, 0) is 48.6 Å². The molecule has 31 heavy (non-hydrogen) atoms. The van der Waals surface area contributed by atoms with Crippen LogP contribution in [-0.2, 0) is 11.2 Å². The predicted octanol–water partition coefficient (Wildman–Crippen LogP) is 2.68. The Hall–Kier alpha value is -3.43. The molecule has 0 bridgehead atoms. The third-order valence-electron chi connectivity index (χ3n) is 5.29. The third-order valence-corrected chi connectivity index (χ3v) is 5.29. The molecule has 0 aliphatic carbocycles. The van der Waals surface area contributed by atoms with Gasteiger partial charge in [-0.3, -0.25) is 4.79 Å². The molecule has 3 heterocycles. The number of carbonyl (C=O) groups is 1. The quantitative estimate of drug-likeness (QED) is 0.560. The summed E-state index contributed by atoms with van der Waals surface area (Å²) >= 11 is 0. The zero-order valence-electron chi connectivity index (χ0n) is 17.5. The zero-order valence-corrected chi connectivity index (χ0v) is 17.5. The van der Waals surface area contributed by atoms with Crippen molar-refractivity contribution < 1.29 is 13.6 Å². The van der Waals surface area contributed by atoms with Gasteiger partial charge in [0.15, 0.2) is 5.82 Å². The summed E-state index contributed by atoms with van der Waals surface area (Å²) in [7, 11) is 0. The van der Waals surface area contributed by atoms with E-state index in [1.165, 1.54) is 6.08 Å². The van der Waals surface area contributed by atoms with Crippen molar-refractivity contribution >= 4 is 12.0 Å². The maximum Gasteiger partial charge on any atom is 0.246 e. The number of likely N-dealkylation sites (tertiary alicyclic amines) is 1. The number of rotatable bonds is 6. The fourth-order valence-corrected chi connectivity index (χ4v) is 3.64. The monoisotopic (exact) mass is 425 g/mol. The molecule has 0 saturated carbocycles. The van der Waals surface area contributed by atoms with E-state index in [1.54, 1.807) is 38.1 Å². The van der Waals surface area contributed by atoms with Crippen LogP contribution in [-0.4, -0.2) is 54.3 Å². The van der Waals surface area contributed by atoms with Crippen molar-refractivity contribution in [2.45, 2.75) is 39.4 Å². The largest absolute Gasteiger partial charge is 0.426 e. The number of hydrogen-bond acceptors (Lipinski definition) is 7. The summed E-state index contributed by atoms with van der Waals surface area (Å²) in [5, 5.41) is 19.2. The molecule has 9 nitrogen and oxygen atoms in total. The molecule has 162 valence electrons. The number of tetrazole rings is 1. The number of carbonyl (C=O) groups excluding carboxylic acids is 1. The van der Waals surface area contributed by atoms with Gasteiger partial charge in [-0.2, -0.15) is 0 Å². The summed E-state index contributed by atoms with van der Waals surface area (Å²) in [6.07, 6.45) is 4.23. The summed E-state index contributed by atoms with van der Waals surface area (Å²) in [5.41, 5.74) is 1.12. The van der Waals surface area contributed by atoms with Crippen molar-refractivity contribution in [3.8, 4) is 0 Å². The first-order chi connectivity index (χ1) is 15.0. The summed E-state index contributed by atoms with van der Waals surface area (Å²) in [6, 6.07) is 6.88. The van der Waals surface area contributed by atoms with Gasteiger partial charge < -0.3 is 9.32 Å². The summed E-state index contributed by atoms with van der Waals surface area (Å²) in [6.45, 7) is 4.80. The minimum atomic E-state index is -1.54. The molecule has 1 unspecified atom stereocenters. The highest BCUT2D eigenvalue weighted by Gasteiger charge is 2.23. The van der Waals surface area contributed by atoms with E-state index < -0.39 is 6.30 Å². The Morgan fingerprint density at radius 3 is 2.74 bits per heavy atom. The van der Waals surface area contributed by atoms with E-state index in [4.69, 9.17) is 4.42 Å². The molecule has 1 amide bonds. The Morgan fingerprint density at radius 1 is 1.26 bits per heavy atom. The summed E-state index contributed by atoms with van der Waals surface area (Å²) in [5.74, 6) is 2.01. The Bertz CT molecular complexity index is 1070. The first-order valence-electron chi connectivity index (χ1n) is 10.2. The lowest BCUT2D eigenvalue weighted by atomic mass is 9.93. The van der Waals surface area contributed by atoms with Gasteiger partial charge >= 0.3 is 0 Å². The minimum Gasteiger partial charge on any atom is -0.426 e. The number of aromatic nitrogens is 6. The standard InChI is InChI=1S/C21H24FN7O2/c1-14-23-27-29(26-14)21(22)18-5-3-4-16(12-18)6-7-20(30)28-10-8-17(9-11-28)13-19-25-24-15(2)31-19/h3-7,12,17,21H,8-11,13H2,1-2H3/b7-6+. The van der Waals surface area contributed by atoms with Gasteiger partial charge in [0.25, 0.3) is 0 Å². The Labute approximate surface area is 179 Å². The average Bonchev–Trinajstić information content (AvgIpc) is 3.40. The van der Waals surface area contributed by atoms with Crippen molar-refractivity contribution in [1.29, 1.82) is 0 Å². The van der Waals surface area contributed by atoms with Crippen molar-refractivity contribution in [1.82, 2.24) is 35.3 Å². The van der Waals surface area contributed by atoms with Crippen LogP contribution in [0.1, 0.15) is 47.9 Å². The fraction of sp³-hybridized carbons (Fsp3) is 0.429. The molecule has 2 aromatic heterocycles. The summed E-state index contributed by atoms with van der Waals surface area (Å²) in [4.78, 5) is 15.3. The molecule has 0 spiro atoms. The lowest BCUT2D eigenvalue weighted by molar-refractivity contribution is -0.127. The normalized spacial score (nSPS) is 16.2. The van der Waals surface area contributed by atoms with Gasteiger partial charge in [-0.25, -0.2) is 4.39 Å². The Kier molecular flexibility index (Phi) is 6.15.